The minimum absolute atomic E-state index is 0.459. The molecule has 0 fully saturated rings. The molecular formula is C17H20N2OS. The minimum Gasteiger partial charge on any atom is -0.368 e. The van der Waals surface area contributed by atoms with E-state index in [-0.39, 0.29) is 0 Å². The van der Waals surface area contributed by atoms with E-state index in [2.05, 4.69) is 19.1 Å². The van der Waals surface area contributed by atoms with Gasteiger partial charge in [-0.25, -0.2) is 0 Å². The topological polar surface area (TPSA) is 69.1 Å². The van der Waals surface area contributed by atoms with Crippen LogP contribution in [0.2, 0.25) is 0 Å². The van der Waals surface area contributed by atoms with Gasteiger partial charge in [0.05, 0.1) is 0 Å². The fourth-order valence-electron chi connectivity index (χ4n) is 2.13. The smallest absolute Gasteiger partial charge is 0.242 e. The lowest BCUT2D eigenvalue weighted by molar-refractivity contribution is -0.122. The Balaban J connectivity index is 2.08. The van der Waals surface area contributed by atoms with Gasteiger partial charge in [-0.1, -0.05) is 54.6 Å². The molecule has 0 aliphatic heterocycles. The van der Waals surface area contributed by atoms with E-state index < -0.39 is 11.4 Å². The van der Waals surface area contributed by atoms with Crippen LogP contribution in [0.1, 0.15) is 16.7 Å². The lowest BCUT2D eigenvalue weighted by atomic mass is 9.92. The highest BCUT2D eigenvalue weighted by Crippen LogP contribution is 2.25. The summed E-state index contributed by atoms with van der Waals surface area (Å²) in [4.78, 5) is 11.8. The van der Waals surface area contributed by atoms with Crippen LogP contribution in [0.3, 0.4) is 0 Å². The second-order valence-corrected chi connectivity index (χ2v) is 6.11. The zero-order chi connectivity index (χ0) is 15.3. The summed E-state index contributed by atoms with van der Waals surface area (Å²) in [6.07, 6.45) is 0. The maximum absolute atomic E-state index is 11.8. The van der Waals surface area contributed by atoms with Gasteiger partial charge in [-0.3, -0.25) is 4.79 Å². The standard InChI is InChI=1S/C17H20N2OS/c1-13-7-5-6-8-14(13)11-21-12-17(19,16(18)20)15-9-3-2-4-10-15/h2-10H,11-12,19H2,1H3,(H2,18,20). The summed E-state index contributed by atoms with van der Waals surface area (Å²) in [5, 5.41) is 0. The molecule has 1 amide bonds. The molecule has 0 bridgehead atoms. The Hall–Kier alpha value is -1.78. The molecule has 21 heavy (non-hydrogen) atoms. The van der Waals surface area contributed by atoms with Gasteiger partial charge in [0.25, 0.3) is 0 Å². The van der Waals surface area contributed by atoms with Crippen molar-refractivity contribution in [1.82, 2.24) is 0 Å². The molecule has 1 atom stereocenters. The molecule has 0 heterocycles. The van der Waals surface area contributed by atoms with Gasteiger partial charge in [-0.05, 0) is 23.6 Å². The van der Waals surface area contributed by atoms with Crippen LogP contribution in [0.4, 0.5) is 0 Å². The molecule has 4 N–H and O–H groups in total. The maximum Gasteiger partial charge on any atom is 0.242 e. The third kappa shape index (κ3) is 3.65. The van der Waals surface area contributed by atoms with E-state index in [9.17, 15) is 4.79 Å². The lowest BCUT2D eigenvalue weighted by Gasteiger charge is -2.26. The van der Waals surface area contributed by atoms with Gasteiger partial charge in [-0.15, -0.1) is 0 Å². The first-order chi connectivity index (χ1) is 10.0. The summed E-state index contributed by atoms with van der Waals surface area (Å²) in [6, 6.07) is 17.5. The van der Waals surface area contributed by atoms with Crippen molar-refractivity contribution in [2.45, 2.75) is 18.2 Å². The molecule has 2 aromatic carbocycles. The van der Waals surface area contributed by atoms with Gasteiger partial charge in [0.2, 0.25) is 5.91 Å². The molecule has 110 valence electrons. The molecule has 0 radical (unpaired) electrons. The fourth-order valence-corrected chi connectivity index (χ4v) is 3.40. The Morgan fingerprint density at radius 1 is 1.10 bits per heavy atom. The highest BCUT2D eigenvalue weighted by molar-refractivity contribution is 7.98. The van der Waals surface area contributed by atoms with Crippen molar-refractivity contribution in [1.29, 1.82) is 0 Å². The van der Waals surface area contributed by atoms with Crippen LogP contribution >= 0.6 is 11.8 Å². The van der Waals surface area contributed by atoms with Crippen molar-refractivity contribution < 1.29 is 4.79 Å². The monoisotopic (exact) mass is 300 g/mol. The fraction of sp³-hybridized carbons (Fsp3) is 0.235. The van der Waals surface area contributed by atoms with Gasteiger partial charge < -0.3 is 11.5 Å². The predicted octanol–water partition coefficient (Wildman–Crippen LogP) is 2.57. The Morgan fingerprint density at radius 2 is 1.71 bits per heavy atom. The number of hydrogen-bond acceptors (Lipinski definition) is 3. The number of primary amides is 1. The molecule has 0 aromatic heterocycles. The lowest BCUT2D eigenvalue weighted by Crippen LogP contribution is -2.51. The molecule has 4 heteroatoms. The Bertz CT molecular complexity index is 615. The van der Waals surface area contributed by atoms with Crippen LogP contribution in [0.5, 0.6) is 0 Å². The van der Waals surface area contributed by atoms with Crippen molar-refractivity contribution >= 4 is 17.7 Å². The molecular weight excluding hydrogens is 280 g/mol. The molecule has 0 aliphatic carbocycles. The van der Waals surface area contributed by atoms with E-state index in [0.29, 0.717) is 5.75 Å². The van der Waals surface area contributed by atoms with Gasteiger partial charge in [0.1, 0.15) is 5.54 Å². The van der Waals surface area contributed by atoms with E-state index in [1.165, 1.54) is 11.1 Å². The first-order valence-corrected chi connectivity index (χ1v) is 7.96. The van der Waals surface area contributed by atoms with Crippen LogP contribution in [0.25, 0.3) is 0 Å². The number of carbonyl (C=O) groups excluding carboxylic acids is 1. The zero-order valence-electron chi connectivity index (χ0n) is 12.1. The summed E-state index contributed by atoms with van der Waals surface area (Å²) in [6.45, 7) is 2.08. The summed E-state index contributed by atoms with van der Waals surface area (Å²) in [5.74, 6) is 0.776. The maximum atomic E-state index is 11.8. The van der Waals surface area contributed by atoms with Crippen molar-refractivity contribution in [3.63, 3.8) is 0 Å². The first-order valence-electron chi connectivity index (χ1n) is 6.80. The van der Waals surface area contributed by atoms with E-state index >= 15 is 0 Å². The number of nitrogens with two attached hydrogens (primary N) is 2. The third-order valence-electron chi connectivity index (χ3n) is 3.58. The molecule has 0 spiro atoms. The number of benzene rings is 2. The molecule has 1 unspecified atom stereocenters. The number of aryl methyl sites for hydroxylation is 1. The zero-order valence-corrected chi connectivity index (χ0v) is 12.9. The van der Waals surface area contributed by atoms with Crippen molar-refractivity contribution in [3.8, 4) is 0 Å². The number of thioether (sulfide) groups is 1. The van der Waals surface area contributed by atoms with Gasteiger partial charge >= 0.3 is 0 Å². The molecule has 0 saturated carbocycles. The van der Waals surface area contributed by atoms with E-state index in [4.69, 9.17) is 11.5 Å². The van der Waals surface area contributed by atoms with Gasteiger partial charge in [-0.2, -0.15) is 11.8 Å². The largest absolute Gasteiger partial charge is 0.368 e. The quantitative estimate of drug-likeness (QED) is 0.861. The minimum atomic E-state index is -1.13. The Morgan fingerprint density at radius 3 is 2.33 bits per heavy atom. The SMILES string of the molecule is Cc1ccccc1CSCC(N)(C(N)=O)c1ccccc1. The van der Waals surface area contributed by atoms with Gasteiger partial charge in [0, 0.05) is 11.5 Å². The second-order valence-electron chi connectivity index (χ2n) is 5.12. The second kappa shape index (κ2) is 6.78. The molecule has 3 nitrogen and oxygen atoms in total. The highest BCUT2D eigenvalue weighted by atomic mass is 32.2. The van der Waals surface area contributed by atoms with Crippen LogP contribution in [-0.4, -0.2) is 11.7 Å². The Labute approximate surface area is 129 Å². The average molecular weight is 300 g/mol. The number of rotatable bonds is 6. The highest BCUT2D eigenvalue weighted by Gasteiger charge is 2.33. The summed E-state index contributed by atoms with van der Waals surface area (Å²) in [5.41, 5.74) is 13.9. The van der Waals surface area contributed by atoms with E-state index in [0.717, 1.165) is 11.3 Å². The van der Waals surface area contributed by atoms with Crippen molar-refractivity contribution in [2.24, 2.45) is 11.5 Å². The molecule has 2 rings (SSSR count). The summed E-state index contributed by atoms with van der Waals surface area (Å²) >= 11 is 1.62. The van der Waals surface area contributed by atoms with Crippen LogP contribution < -0.4 is 11.5 Å². The van der Waals surface area contributed by atoms with Crippen LogP contribution in [0.15, 0.2) is 54.6 Å². The summed E-state index contributed by atoms with van der Waals surface area (Å²) in [7, 11) is 0. The normalized spacial score (nSPS) is 13.6. The average Bonchev–Trinajstić information content (AvgIpc) is 2.49. The molecule has 0 aliphatic rings. The van der Waals surface area contributed by atoms with E-state index in [1.54, 1.807) is 11.8 Å². The number of hydrogen-bond donors (Lipinski definition) is 2. The van der Waals surface area contributed by atoms with Crippen LogP contribution in [-0.2, 0) is 16.1 Å². The predicted molar refractivity (Wildman–Crippen MR) is 88.8 cm³/mol. The first kappa shape index (κ1) is 15.6. The number of amides is 1. The van der Waals surface area contributed by atoms with Crippen molar-refractivity contribution in [2.75, 3.05) is 5.75 Å². The van der Waals surface area contributed by atoms with Gasteiger partial charge in [0.15, 0.2) is 0 Å². The summed E-state index contributed by atoms with van der Waals surface area (Å²) < 4.78 is 0. The molecule has 0 saturated heterocycles. The molecule has 2 aromatic rings. The number of carbonyl (C=O) groups is 1. The Kier molecular flexibility index (Phi) is 5.04. The third-order valence-corrected chi connectivity index (χ3v) is 4.75. The van der Waals surface area contributed by atoms with Crippen molar-refractivity contribution in [3.05, 3.63) is 71.3 Å². The van der Waals surface area contributed by atoms with Crippen LogP contribution in [0, 0.1) is 6.92 Å². The van der Waals surface area contributed by atoms with E-state index in [1.807, 2.05) is 42.5 Å².